The number of benzene rings is 3. The summed E-state index contributed by atoms with van der Waals surface area (Å²) in [6.45, 7) is 0.734. The molecule has 3 aromatic rings. The van der Waals surface area contributed by atoms with Crippen molar-refractivity contribution in [2.24, 2.45) is 0 Å². The summed E-state index contributed by atoms with van der Waals surface area (Å²) in [5, 5.41) is 0. The van der Waals surface area contributed by atoms with Gasteiger partial charge in [-0.15, -0.1) is 0 Å². The molecular formula is C24H21NO7S. The van der Waals surface area contributed by atoms with Gasteiger partial charge in [0.1, 0.15) is 12.3 Å². The van der Waals surface area contributed by atoms with Gasteiger partial charge in [0.05, 0.1) is 10.5 Å². The van der Waals surface area contributed by atoms with Crippen LogP contribution in [-0.4, -0.2) is 39.3 Å². The van der Waals surface area contributed by atoms with E-state index in [2.05, 4.69) is 4.72 Å². The lowest BCUT2D eigenvalue weighted by Gasteiger charge is -2.08. The highest BCUT2D eigenvalue weighted by molar-refractivity contribution is 7.89. The van der Waals surface area contributed by atoms with Crippen LogP contribution in [0.3, 0.4) is 0 Å². The third-order valence-corrected chi connectivity index (χ3v) is 5.92. The van der Waals surface area contributed by atoms with Crippen LogP contribution in [0.15, 0.2) is 83.8 Å². The molecule has 33 heavy (non-hydrogen) atoms. The van der Waals surface area contributed by atoms with Crippen molar-refractivity contribution in [3.63, 3.8) is 0 Å². The van der Waals surface area contributed by atoms with Crippen LogP contribution in [-0.2, 0) is 19.6 Å². The zero-order chi connectivity index (χ0) is 23.8. The van der Waals surface area contributed by atoms with Gasteiger partial charge in [0.25, 0.3) is 0 Å². The third kappa shape index (κ3) is 6.83. The maximum Gasteiger partial charge on any atom is 0.343 e. The number of ketones is 1. The fourth-order valence-corrected chi connectivity index (χ4v) is 3.67. The van der Waals surface area contributed by atoms with E-state index in [0.29, 0.717) is 5.56 Å². The van der Waals surface area contributed by atoms with Gasteiger partial charge in [-0.3, -0.25) is 9.59 Å². The summed E-state index contributed by atoms with van der Waals surface area (Å²) in [5.74, 6) is -1.66. The molecule has 9 heteroatoms. The summed E-state index contributed by atoms with van der Waals surface area (Å²) in [6, 6.07) is 20.2. The quantitative estimate of drug-likeness (QED) is 0.292. The van der Waals surface area contributed by atoms with E-state index >= 15 is 0 Å². The summed E-state index contributed by atoms with van der Waals surface area (Å²) in [6.07, 6.45) is 0. The molecule has 0 fully saturated rings. The Morgan fingerprint density at radius 2 is 1.42 bits per heavy atom. The van der Waals surface area contributed by atoms with Crippen molar-refractivity contribution < 1.29 is 32.3 Å². The minimum absolute atomic E-state index is 0.0112. The molecule has 170 valence electrons. The van der Waals surface area contributed by atoms with E-state index < -0.39 is 40.9 Å². The van der Waals surface area contributed by atoms with Gasteiger partial charge in [-0.2, -0.15) is 4.72 Å². The van der Waals surface area contributed by atoms with Gasteiger partial charge in [0.15, 0.2) is 12.4 Å². The normalized spacial score (nSPS) is 10.9. The third-order valence-electron chi connectivity index (χ3n) is 4.50. The molecule has 0 bridgehead atoms. The fourth-order valence-electron chi connectivity index (χ4n) is 2.68. The number of aryl methyl sites for hydroxylation is 1. The molecule has 0 heterocycles. The number of esters is 2. The van der Waals surface area contributed by atoms with Gasteiger partial charge in [-0.1, -0.05) is 35.9 Å². The molecule has 0 aliphatic carbocycles. The van der Waals surface area contributed by atoms with Crippen molar-refractivity contribution in [2.45, 2.75) is 11.8 Å². The van der Waals surface area contributed by atoms with Crippen molar-refractivity contribution in [1.29, 1.82) is 0 Å². The van der Waals surface area contributed by atoms with Gasteiger partial charge in [-0.25, -0.2) is 13.2 Å². The molecule has 0 saturated carbocycles. The Balaban J connectivity index is 1.47. The van der Waals surface area contributed by atoms with Gasteiger partial charge in [-0.05, 0) is 55.5 Å². The van der Waals surface area contributed by atoms with Crippen LogP contribution in [0.25, 0.3) is 0 Å². The summed E-state index contributed by atoms with van der Waals surface area (Å²) >= 11 is 0. The second-order valence-electron chi connectivity index (χ2n) is 7.00. The highest BCUT2D eigenvalue weighted by Gasteiger charge is 2.17. The summed E-state index contributed by atoms with van der Waals surface area (Å²) in [4.78, 5) is 36.2. The zero-order valence-corrected chi connectivity index (χ0v) is 18.5. The molecule has 0 aromatic heterocycles. The standard InChI is InChI=1S/C24H21NO7S/c1-17-7-9-19(10-8-17)24(28)32-20-13-11-18(12-14-20)22(26)16-31-23(27)15-25-33(29,30)21-5-3-2-4-6-21/h2-14,25H,15-16H2,1H3. The molecule has 1 N–H and O–H groups in total. The molecule has 0 atom stereocenters. The van der Waals surface area contributed by atoms with E-state index in [1.807, 2.05) is 6.92 Å². The summed E-state index contributed by atoms with van der Waals surface area (Å²) < 4.78 is 36.4. The molecular weight excluding hydrogens is 446 g/mol. The molecule has 0 saturated heterocycles. The maximum atomic E-state index is 12.2. The number of carbonyl (C=O) groups excluding carboxylic acids is 3. The van der Waals surface area contributed by atoms with Crippen LogP contribution in [0.4, 0.5) is 0 Å². The lowest BCUT2D eigenvalue weighted by Crippen LogP contribution is -2.31. The molecule has 0 aliphatic heterocycles. The first kappa shape index (κ1) is 23.8. The predicted molar refractivity (Wildman–Crippen MR) is 119 cm³/mol. The van der Waals surface area contributed by atoms with Gasteiger partial charge < -0.3 is 9.47 Å². The van der Waals surface area contributed by atoms with Crippen molar-refractivity contribution in [3.05, 3.63) is 95.6 Å². The van der Waals surface area contributed by atoms with E-state index in [1.54, 1.807) is 42.5 Å². The first-order chi connectivity index (χ1) is 15.7. The van der Waals surface area contributed by atoms with Crippen molar-refractivity contribution in [3.8, 4) is 5.75 Å². The average molecular weight is 467 g/mol. The Morgan fingerprint density at radius 3 is 2.06 bits per heavy atom. The number of sulfonamides is 1. The molecule has 3 aromatic carbocycles. The largest absolute Gasteiger partial charge is 0.456 e. The predicted octanol–water partition coefficient (Wildman–Crippen LogP) is 2.92. The second kappa shape index (κ2) is 10.7. The average Bonchev–Trinajstić information content (AvgIpc) is 2.82. The summed E-state index contributed by atoms with van der Waals surface area (Å²) in [7, 11) is -3.86. The Hall–Kier alpha value is -3.82. The van der Waals surface area contributed by atoms with E-state index in [9.17, 15) is 22.8 Å². The van der Waals surface area contributed by atoms with Crippen LogP contribution < -0.4 is 9.46 Å². The molecule has 0 spiro atoms. The lowest BCUT2D eigenvalue weighted by molar-refractivity contribution is -0.141. The van der Waals surface area contributed by atoms with Crippen LogP contribution in [0.5, 0.6) is 5.75 Å². The van der Waals surface area contributed by atoms with Gasteiger partial charge in [0, 0.05) is 5.56 Å². The first-order valence-corrected chi connectivity index (χ1v) is 11.4. The Kier molecular flexibility index (Phi) is 7.70. The number of hydrogen-bond acceptors (Lipinski definition) is 7. The van der Waals surface area contributed by atoms with E-state index in [0.717, 1.165) is 5.56 Å². The molecule has 3 rings (SSSR count). The first-order valence-electron chi connectivity index (χ1n) is 9.87. The Bertz CT molecular complexity index is 1240. The van der Waals surface area contributed by atoms with Crippen LogP contribution >= 0.6 is 0 Å². The lowest BCUT2D eigenvalue weighted by atomic mass is 10.1. The maximum absolute atomic E-state index is 12.2. The number of nitrogens with one attached hydrogen (secondary N) is 1. The van der Waals surface area contributed by atoms with E-state index in [4.69, 9.17) is 9.47 Å². The molecule has 8 nitrogen and oxygen atoms in total. The minimum atomic E-state index is -3.86. The minimum Gasteiger partial charge on any atom is -0.456 e. The second-order valence-corrected chi connectivity index (χ2v) is 8.77. The molecule has 0 unspecified atom stereocenters. The number of carbonyl (C=O) groups is 3. The fraction of sp³-hybridized carbons (Fsp3) is 0.125. The topological polar surface area (TPSA) is 116 Å². The molecule has 0 amide bonds. The van der Waals surface area contributed by atoms with Crippen molar-refractivity contribution in [1.82, 2.24) is 4.72 Å². The Morgan fingerprint density at radius 1 is 0.818 bits per heavy atom. The van der Waals surface area contributed by atoms with E-state index in [-0.39, 0.29) is 16.2 Å². The smallest absolute Gasteiger partial charge is 0.343 e. The van der Waals surface area contributed by atoms with Crippen molar-refractivity contribution >= 4 is 27.7 Å². The van der Waals surface area contributed by atoms with Gasteiger partial charge in [0.2, 0.25) is 10.0 Å². The van der Waals surface area contributed by atoms with Crippen molar-refractivity contribution in [2.75, 3.05) is 13.2 Å². The van der Waals surface area contributed by atoms with Gasteiger partial charge >= 0.3 is 11.9 Å². The number of Topliss-reactive ketones (excluding diaryl/α,β-unsaturated/α-hetero) is 1. The van der Waals surface area contributed by atoms with Crippen LogP contribution in [0.1, 0.15) is 26.3 Å². The highest BCUT2D eigenvalue weighted by Crippen LogP contribution is 2.15. The Labute approximate surface area is 191 Å². The number of rotatable bonds is 9. The SMILES string of the molecule is Cc1ccc(C(=O)Oc2ccc(C(=O)COC(=O)CNS(=O)(=O)c3ccccc3)cc2)cc1. The van der Waals surface area contributed by atoms with Crippen LogP contribution in [0.2, 0.25) is 0 Å². The highest BCUT2D eigenvalue weighted by atomic mass is 32.2. The van der Waals surface area contributed by atoms with Crippen LogP contribution in [0, 0.1) is 6.92 Å². The number of ether oxygens (including phenoxy) is 2. The summed E-state index contributed by atoms with van der Waals surface area (Å²) in [5.41, 5.74) is 1.65. The van der Waals surface area contributed by atoms with E-state index in [1.165, 1.54) is 36.4 Å². The number of hydrogen-bond donors (Lipinski definition) is 1. The zero-order valence-electron chi connectivity index (χ0n) is 17.7. The monoisotopic (exact) mass is 467 g/mol. The molecule has 0 aliphatic rings. The molecule has 0 radical (unpaired) electrons.